The van der Waals surface area contributed by atoms with E-state index in [1.807, 2.05) is 0 Å². The molecular weight excluding hydrogens is 1340 g/mol. The molecule has 0 amide bonds. The molecule has 0 rings (SSSR count). The zero-order chi connectivity index (χ0) is 75.8. The molecule has 3 unspecified atom stereocenters. The summed E-state index contributed by atoms with van der Waals surface area (Å²) in [5.41, 5.74) is 0. The molecule has 0 aliphatic heterocycles. The normalized spacial score (nSPS) is 14.2. The average Bonchev–Trinajstić information content (AvgIpc) is 0.908. The quantitative estimate of drug-likeness (QED) is 0.0222. The van der Waals surface area contributed by atoms with Crippen LogP contribution in [-0.4, -0.2) is 96.7 Å². The maximum Gasteiger partial charge on any atom is 0.472 e. The van der Waals surface area contributed by atoms with Crippen molar-refractivity contribution >= 4 is 39.5 Å². The van der Waals surface area contributed by atoms with Gasteiger partial charge in [0.1, 0.15) is 19.3 Å². The Labute approximate surface area is 632 Å². The zero-order valence-corrected chi connectivity index (χ0v) is 69.6. The number of rotatable bonds is 82. The van der Waals surface area contributed by atoms with Crippen molar-refractivity contribution in [2.45, 2.75) is 458 Å². The molecule has 0 radical (unpaired) electrons. The van der Waals surface area contributed by atoms with Crippen LogP contribution in [0.25, 0.3) is 0 Å². The first kappa shape index (κ1) is 101. The summed E-state index contributed by atoms with van der Waals surface area (Å²) in [5, 5.41) is 10.7. The van der Waals surface area contributed by atoms with Crippen molar-refractivity contribution in [1.82, 2.24) is 0 Å². The molecule has 6 atom stereocenters. The van der Waals surface area contributed by atoms with Crippen LogP contribution in [0.1, 0.15) is 440 Å². The second kappa shape index (κ2) is 74.2. The summed E-state index contributed by atoms with van der Waals surface area (Å²) in [6, 6.07) is 0. The summed E-state index contributed by atoms with van der Waals surface area (Å²) in [5.74, 6) is 0.217. The first-order chi connectivity index (χ1) is 49.8. The SMILES string of the molecule is CCCCCCCCCCCCCCCCCCCCCC(=O)O[C@H](COC(=O)CCCCCCCCCCCCCCCCC(C)C)COP(=O)(O)OC[C@@H](O)COP(=O)(O)OC[C@@H](COC(=O)CCCCCCCCC(C)CC)OC(=O)CCCCCCCCCCCCCCCCC(C)C. The van der Waals surface area contributed by atoms with Gasteiger partial charge in [-0.25, -0.2) is 9.13 Å². The molecule has 17 nitrogen and oxygen atoms in total. The predicted octanol–water partition coefficient (Wildman–Crippen LogP) is 25.3. The van der Waals surface area contributed by atoms with Crippen LogP contribution in [0.5, 0.6) is 0 Å². The van der Waals surface area contributed by atoms with E-state index in [0.717, 1.165) is 114 Å². The lowest BCUT2D eigenvalue weighted by Gasteiger charge is -2.21. The molecule has 0 aromatic carbocycles. The van der Waals surface area contributed by atoms with E-state index in [1.54, 1.807) is 0 Å². The molecule has 0 saturated heterocycles. The Morgan fingerprint density at radius 1 is 0.282 bits per heavy atom. The van der Waals surface area contributed by atoms with Crippen LogP contribution in [0.2, 0.25) is 0 Å². The second-order valence-electron chi connectivity index (χ2n) is 31.4. The Morgan fingerprint density at radius 3 is 0.738 bits per heavy atom. The van der Waals surface area contributed by atoms with Crippen molar-refractivity contribution in [3.8, 4) is 0 Å². The number of carbonyl (C=O) groups is 4. The van der Waals surface area contributed by atoms with Gasteiger partial charge < -0.3 is 33.8 Å². The van der Waals surface area contributed by atoms with Crippen molar-refractivity contribution in [3.05, 3.63) is 0 Å². The molecule has 0 bridgehead atoms. The highest BCUT2D eigenvalue weighted by Gasteiger charge is 2.30. The van der Waals surface area contributed by atoms with Gasteiger partial charge >= 0.3 is 39.5 Å². The monoisotopic (exact) mass is 1510 g/mol. The highest BCUT2D eigenvalue weighted by atomic mass is 31.2. The van der Waals surface area contributed by atoms with Gasteiger partial charge in [-0.15, -0.1) is 0 Å². The smallest absolute Gasteiger partial charge is 0.462 e. The van der Waals surface area contributed by atoms with Gasteiger partial charge in [-0.2, -0.15) is 0 Å². The summed E-state index contributed by atoms with van der Waals surface area (Å²) in [6.45, 7) is 12.0. The third kappa shape index (κ3) is 76.6. The topological polar surface area (TPSA) is 237 Å². The number of carbonyl (C=O) groups excluding carboxylic acids is 4. The summed E-state index contributed by atoms with van der Waals surface area (Å²) < 4.78 is 68.8. The zero-order valence-electron chi connectivity index (χ0n) is 67.8. The fourth-order valence-corrected chi connectivity index (χ4v) is 14.6. The molecule has 0 fully saturated rings. The van der Waals surface area contributed by atoms with Gasteiger partial charge in [0.15, 0.2) is 12.2 Å². The van der Waals surface area contributed by atoms with Gasteiger partial charge in [-0.1, -0.05) is 389 Å². The Morgan fingerprint density at radius 2 is 0.495 bits per heavy atom. The molecule has 19 heteroatoms. The predicted molar refractivity (Wildman–Crippen MR) is 423 cm³/mol. The standard InChI is InChI=1S/C84H164O17P2/c1-8-10-11-12-13-14-15-16-17-18-19-20-21-29-34-39-44-53-60-67-83(88)100-79(71-94-81(86)65-58-51-43-38-33-28-24-22-26-31-36-41-48-55-62-75(3)4)73-98-102(90,91)96-69-78(85)70-97-103(92,93)99-74-80(72-95-82(87)66-59-52-47-46-50-57-64-77(7)9-2)101-84(89)68-61-54-45-40-35-30-25-23-27-32-37-42-49-56-63-76(5)6/h75-80,85H,8-74H2,1-7H3,(H,90,91)(H,92,93)/t77?,78-,79-,80-/m1/s1. The highest BCUT2D eigenvalue weighted by Crippen LogP contribution is 2.45. The van der Waals surface area contributed by atoms with E-state index in [2.05, 4.69) is 48.5 Å². The Hall–Kier alpha value is -1.94. The van der Waals surface area contributed by atoms with Crippen molar-refractivity contribution < 1.29 is 80.2 Å². The largest absolute Gasteiger partial charge is 0.472 e. The average molecular weight is 1510 g/mol. The van der Waals surface area contributed by atoms with Crippen LogP contribution in [-0.2, 0) is 65.4 Å². The molecule has 103 heavy (non-hydrogen) atoms. The van der Waals surface area contributed by atoms with Crippen molar-refractivity contribution in [2.75, 3.05) is 39.6 Å². The Balaban J connectivity index is 5.24. The number of aliphatic hydroxyl groups excluding tert-OH is 1. The molecule has 0 spiro atoms. The maximum absolute atomic E-state index is 13.1. The lowest BCUT2D eigenvalue weighted by atomic mass is 10.00. The molecule has 0 saturated carbocycles. The number of ether oxygens (including phenoxy) is 4. The number of unbranched alkanes of at least 4 members (excludes halogenated alkanes) is 49. The number of esters is 4. The minimum atomic E-state index is -4.96. The van der Waals surface area contributed by atoms with E-state index in [4.69, 9.17) is 37.0 Å². The number of phosphoric acid groups is 2. The fraction of sp³-hybridized carbons (Fsp3) is 0.952. The van der Waals surface area contributed by atoms with Crippen molar-refractivity contribution in [3.63, 3.8) is 0 Å². The van der Waals surface area contributed by atoms with E-state index >= 15 is 0 Å². The molecule has 0 aromatic rings. The number of phosphoric ester groups is 2. The lowest BCUT2D eigenvalue weighted by Crippen LogP contribution is -2.30. The van der Waals surface area contributed by atoms with Crippen LogP contribution >= 0.6 is 15.6 Å². The number of hydrogen-bond donors (Lipinski definition) is 3. The Kier molecular flexibility index (Phi) is 72.8. The number of hydrogen-bond acceptors (Lipinski definition) is 15. The Bertz CT molecular complexity index is 1990. The molecule has 612 valence electrons. The molecule has 0 heterocycles. The fourth-order valence-electron chi connectivity index (χ4n) is 13.0. The molecule has 0 aliphatic carbocycles. The third-order valence-corrected chi connectivity index (χ3v) is 21.9. The van der Waals surface area contributed by atoms with Crippen LogP contribution in [0, 0.1) is 17.8 Å². The molecule has 3 N–H and O–H groups in total. The summed E-state index contributed by atoms with van der Waals surface area (Å²) >= 11 is 0. The van der Waals surface area contributed by atoms with Gasteiger partial charge in [0.05, 0.1) is 26.4 Å². The maximum atomic E-state index is 13.1. The van der Waals surface area contributed by atoms with Crippen LogP contribution in [0.3, 0.4) is 0 Å². The van der Waals surface area contributed by atoms with E-state index in [-0.39, 0.29) is 25.7 Å². The molecule has 0 aliphatic rings. The summed E-state index contributed by atoms with van der Waals surface area (Å²) in [4.78, 5) is 73.2. The highest BCUT2D eigenvalue weighted by molar-refractivity contribution is 7.47. The van der Waals surface area contributed by atoms with Gasteiger partial charge in [-0.3, -0.25) is 37.3 Å². The van der Waals surface area contributed by atoms with Gasteiger partial charge in [-0.05, 0) is 43.4 Å². The van der Waals surface area contributed by atoms with Gasteiger partial charge in [0.25, 0.3) is 0 Å². The molecular formula is C84H164O17P2. The second-order valence-corrected chi connectivity index (χ2v) is 34.3. The molecule has 0 aromatic heterocycles. The van der Waals surface area contributed by atoms with Crippen LogP contribution < -0.4 is 0 Å². The number of aliphatic hydroxyl groups is 1. The van der Waals surface area contributed by atoms with E-state index in [1.165, 1.54) is 244 Å². The van der Waals surface area contributed by atoms with Crippen LogP contribution in [0.15, 0.2) is 0 Å². The minimum Gasteiger partial charge on any atom is -0.462 e. The van der Waals surface area contributed by atoms with E-state index < -0.39 is 97.5 Å². The lowest BCUT2D eigenvalue weighted by molar-refractivity contribution is -0.161. The minimum absolute atomic E-state index is 0.107. The summed E-state index contributed by atoms with van der Waals surface area (Å²) in [6.07, 6.45) is 63.9. The summed E-state index contributed by atoms with van der Waals surface area (Å²) in [7, 11) is -9.93. The van der Waals surface area contributed by atoms with Crippen LogP contribution in [0.4, 0.5) is 0 Å². The van der Waals surface area contributed by atoms with E-state index in [0.29, 0.717) is 25.7 Å². The van der Waals surface area contributed by atoms with Crippen molar-refractivity contribution in [2.24, 2.45) is 17.8 Å². The van der Waals surface area contributed by atoms with E-state index in [9.17, 15) is 43.2 Å². The third-order valence-electron chi connectivity index (χ3n) is 20.0. The first-order valence-corrected chi connectivity index (χ1v) is 46.4. The van der Waals surface area contributed by atoms with Gasteiger partial charge in [0.2, 0.25) is 0 Å². The first-order valence-electron chi connectivity index (χ1n) is 43.4. The van der Waals surface area contributed by atoms with Crippen molar-refractivity contribution in [1.29, 1.82) is 0 Å². The van der Waals surface area contributed by atoms with Gasteiger partial charge in [0, 0.05) is 25.7 Å².